The van der Waals surface area contributed by atoms with Crippen molar-refractivity contribution in [3.8, 4) is 5.75 Å². The zero-order valence-corrected chi connectivity index (χ0v) is 18.8. The fourth-order valence-electron chi connectivity index (χ4n) is 4.45. The Kier molecular flexibility index (Phi) is 5.01. The second-order valence-electron chi connectivity index (χ2n) is 8.10. The summed E-state index contributed by atoms with van der Waals surface area (Å²) in [6, 6.07) is 15.5. The molecule has 1 unspecified atom stereocenters. The van der Waals surface area contributed by atoms with Crippen LogP contribution in [0.1, 0.15) is 17.9 Å². The lowest BCUT2D eigenvalue weighted by Crippen LogP contribution is -2.24. The minimum atomic E-state index is -3.62. The van der Waals surface area contributed by atoms with Gasteiger partial charge in [-0.25, -0.2) is 12.8 Å². The van der Waals surface area contributed by atoms with Crippen molar-refractivity contribution in [1.82, 2.24) is 0 Å². The minimum Gasteiger partial charge on any atom is -0.493 e. The van der Waals surface area contributed by atoms with Gasteiger partial charge < -0.3 is 14.1 Å². The predicted molar refractivity (Wildman–Crippen MR) is 125 cm³/mol. The summed E-state index contributed by atoms with van der Waals surface area (Å²) in [4.78, 5) is 14.4. The number of hydrogen-bond donors (Lipinski definition) is 1. The molecule has 33 heavy (non-hydrogen) atoms. The summed E-state index contributed by atoms with van der Waals surface area (Å²) < 4.78 is 51.0. The Hall–Kier alpha value is -3.59. The number of ether oxygens (including phenoxy) is 1. The average Bonchev–Trinajstić information content (AvgIpc) is 3.35. The smallest absolute Gasteiger partial charge is 0.229 e. The van der Waals surface area contributed by atoms with Gasteiger partial charge >= 0.3 is 0 Å². The van der Waals surface area contributed by atoms with Gasteiger partial charge in [-0.3, -0.25) is 9.52 Å². The van der Waals surface area contributed by atoms with Crippen LogP contribution >= 0.6 is 0 Å². The molecule has 1 amide bonds. The summed E-state index contributed by atoms with van der Waals surface area (Å²) in [6.45, 7) is 0.359. The van der Waals surface area contributed by atoms with Crippen molar-refractivity contribution >= 4 is 49.2 Å². The third-order valence-electron chi connectivity index (χ3n) is 5.87. The number of carbonyl (C=O) groups excluding carboxylic acids is 1. The van der Waals surface area contributed by atoms with E-state index in [1.807, 2.05) is 36.4 Å². The van der Waals surface area contributed by atoms with Crippen LogP contribution in [0.5, 0.6) is 5.75 Å². The van der Waals surface area contributed by atoms with Gasteiger partial charge in [0.15, 0.2) is 11.3 Å². The molecule has 1 atom stereocenters. The third-order valence-corrected chi connectivity index (χ3v) is 6.46. The Morgan fingerprint density at radius 3 is 2.67 bits per heavy atom. The van der Waals surface area contributed by atoms with Gasteiger partial charge in [0, 0.05) is 35.3 Å². The second-order valence-corrected chi connectivity index (χ2v) is 9.85. The maximum Gasteiger partial charge on any atom is 0.229 e. The molecule has 0 bridgehead atoms. The summed E-state index contributed by atoms with van der Waals surface area (Å²) in [6.07, 6.45) is 1.20. The van der Waals surface area contributed by atoms with E-state index in [0.717, 1.165) is 28.2 Å². The number of methoxy groups -OCH3 is 1. The molecule has 1 aliphatic rings. The number of amides is 1. The molecule has 1 aromatic heterocycles. The largest absolute Gasteiger partial charge is 0.493 e. The van der Waals surface area contributed by atoms with Gasteiger partial charge in [-0.1, -0.05) is 24.3 Å². The van der Waals surface area contributed by atoms with E-state index in [4.69, 9.17) is 9.15 Å². The van der Waals surface area contributed by atoms with Crippen LogP contribution in [0.2, 0.25) is 0 Å². The number of halogens is 1. The molecule has 1 aliphatic heterocycles. The number of para-hydroxylation sites is 1. The van der Waals surface area contributed by atoms with E-state index in [2.05, 4.69) is 4.72 Å². The van der Waals surface area contributed by atoms with Gasteiger partial charge in [-0.05, 0) is 35.9 Å². The molecule has 170 valence electrons. The number of carbonyl (C=O) groups is 1. The monoisotopic (exact) mass is 468 g/mol. The number of anilines is 2. The molecular weight excluding hydrogens is 447 g/mol. The highest BCUT2D eigenvalue weighted by Gasteiger charge is 2.34. The van der Waals surface area contributed by atoms with Crippen molar-refractivity contribution in [2.75, 3.05) is 29.5 Å². The van der Waals surface area contributed by atoms with Crippen LogP contribution < -0.4 is 14.4 Å². The van der Waals surface area contributed by atoms with Crippen molar-refractivity contribution < 1.29 is 26.8 Å². The van der Waals surface area contributed by atoms with Gasteiger partial charge in [0.25, 0.3) is 0 Å². The van der Waals surface area contributed by atoms with E-state index in [9.17, 15) is 17.6 Å². The lowest BCUT2D eigenvalue weighted by atomic mass is 9.93. The van der Waals surface area contributed by atoms with E-state index in [1.54, 1.807) is 7.11 Å². The minimum absolute atomic E-state index is 0.135. The summed E-state index contributed by atoms with van der Waals surface area (Å²) in [5.74, 6) is -0.409. The molecule has 1 fully saturated rings. The third kappa shape index (κ3) is 3.78. The van der Waals surface area contributed by atoms with Crippen LogP contribution in [0.15, 0.2) is 59.0 Å². The number of sulfonamides is 1. The molecular formula is C24H21FN2O5S. The summed E-state index contributed by atoms with van der Waals surface area (Å²) in [7, 11) is -2.03. The highest BCUT2D eigenvalue weighted by molar-refractivity contribution is 7.92. The Morgan fingerprint density at radius 1 is 1.15 bits per heavy atom. The van der Waals surface area contributed by atoms with E-state index < -0.39 is 15.8 Å². The maximum atomic E-state index is 14.5. The first-order valence-corrected chi connectivity index (χ1v) is 12.2. The van der Waals surface area contributed by atoms with E-state index in [1.165, 1.54) is 23.1 Å². The molecule has 0 aliphatic carbocycles. The van der Waals surface area contributed by atoms with Crippen molar-refractivity contribution in [2.45, 2.75) is 12.3 Å². The van der Waals surface area contributed by atoms with Crippen LogP contribution in [-0.2, 0) is 14.8 Å². The molecule has 3 aromatic carbocycles. The summed E-state index contributed by atoms with van der Waals surface area (Å²) in [5, 5.41) is 1.85. The van der Waals surface area contributed by atoms with Crippen LogP contribution in [0, 0.1) is 5.82 Å². The molecule has 0 saturated carbocycles. The zero-order chi connectivity index (χ0) is 23.3. The highest BCUT2D eigenvalue weighted by atomic mass is 32.2. The maximum absolute atomic E-state index is 14.5. The van der Waals surface area contributed by atoms with Crippen LogP contribution in [0.3, 0.4) is 0 Å². The van der Waals surface area contributed by atoms with Gasteiger partial charge in [0.2, 0.25) is 15.9 Å². The van der Waals surface area contributed by atoms with Crippen molar-refractivity contribution in [3.63, 3.8) is 0 Å². The first-order chi connectivity index (χ1) is 15.7. The topological polar surface area (TPSA) is 88.9 Å². The van der Waals surface area contributed by atoms with E-state index in [-0.39, 0.29) is 23.9 Å². The first-order valence-electron chi connectivity index (χ1n) is 10.3. The standard InChI is InChI=1S/C24H21FN2O5S/c1-31-21-10-8-16(23-17-5-3-4-6-20(17)32-24(21)23)14-11-22(28)27(13-14)15-7-9-19(18(25)12-15)26-33(2,29)30/h3-10,12,14,26H,11,13H2,1-2H3. The molecule has 4 aromatic rings. The number of hydrogen-bond acceptors (Lipinski definition) is 5. The number of fused-ring (bicyclic) bond motifs is 3. The van der Waals surface area contributed by atoms with Crippen molar-refractivity contribution in [1.29, 1.82) is 0 Å². The molecule has 5 rings (SSSR count). The fraction of sp³-hybridized carbons (Fsp3) is 0.208. The van der Waals surface area contributed by atoms with Gasteiger partial charge in [-0.15, -0.1) is 0 Å². The van der Waals surface area contributed by atoms with Gasteiger partial charge in [0.05, 0.1) is 19.1 Å². The van der Waals surface area contributed by atoms with Crippen molar-refractivity contribution in [2.24, 2.45) is 0 Å². The normalized spacial score (nSPS) is 16.6. The zero-order valence-electron chi connectivity index (χ0n) is 18.0. The molecule has 1 N–H and O–H groups in total. The molecule has 0 radical (unpaired) electrons. The van der Waals surface area contributed by atoms with Crippen molar-refractivity contribution in [3.05, 3.63) is 66.0 Å². The number of benzene rings is 3. The Morgan fingerprint density at radius 2 is 1.94 bits per heavy atom. The molecule has 7 nitrogen and oxygen atoms in total. The Bertz CT molecular complexity index is 1510. The Labute approximate surface area is 189 Å². The van der Waals surface area contributed by atoms with Gasteiger partial charge in [-0.2, -0.15) is 0 Å². The molecule has 9 heteroatoms. The average molecular weight is 469 g/mol. The predicted octanol–water partition coefficient (Wildman–Crippen LogP) is 4.63. The Balaban J connectivity index is 1.52. The summed E-state index contributed by atoms with van der Waals surface area (Å²) >= 11 is 0. The molecule has 1 saturated heterocycles. The van der Waals surface area contributed by atoms with E-state index >= 15 is 0 Å². The molecule has 2 heterocycles. The first kappa shape index (κ1) is 21.3. The van der Waals surface area contributed by atoms with Crippen LogP contribution in [0.25, 0.3) is 21.9 Å². The number of furan rings is 1. The number of nitrogens with zero attached hydrogens (tertiary/aromatic N) is 1. The summed E-state index contributed by atoms with van der Waals surface area (Å²) in [5.41, 5.74) is 2.54. The number of nitrogens with one attached hydrogen (secondary N) is 1. The van der Waals surface area contributed by atoms with Crippen LogP contribution in [0.4, 0.5) is 15.8 Å². The quantitative estimate of drug-likeness (QED) is 0.462. The second kappa shape index (κ2) is 7.77. The fourth-order valence-corrected chi connectivity index (χ4v) is 5.02. The van der Waals surface area contributed by atoms with Gasteiger partial charge in [0.1, 0.15) is 11.4 Å². The molecule has 0 spiro atoms. The lowest BCUT2D eigenvalue weighted by molar-refractivity contribution is -0.117. The SMILES string of the molecule is COc1ccc(C2CC(=O)N(c3ccc(NS(C)(=O)=O)c(F)c3)C2)c2c1oc1ccccc12. The van der Waals surface area contributed by atoms with E-state index in [0.29, 0.717) is 23.6 Å². The van der Waals surface area contributed by atoms with Crippen LogP contribution in [-0.4, -0.2) is 34.2 Å². The highest BCUT2D eigenvalue weighted by Crippen LogP contribution is 2.42. The lowest BCUT2D eigenvalue weighted by Gasteiger charge is -2.18. The number of rotatable bonds is 5.